The topological polar surface area (TPSA) is 53.6 Å². The number of hydrogen-bond acceptors (Lipinski definition) is 3. The van der Waals surface area contributed by atoms with Crippen LogP contribution in [0.3, 0.4) is 0 Å². The molecular weight excluding hydrogens is 316 g/mol. The molecule has 1 atom stereocenters. The Hall–Kier alpha value is -1.88. The molecule has 2 N–H and O–H groups in total. The van der Waals surface area contributed by atoms with Gasteiger partial charge in [-0.2, -0.15) is 0 Å². The fraction of sp³-hybridized carbons (Fsp3) is 0.200. The van der Waals surface area contributed by atoms with Gasteiger partial charge in [-0.1, -0.05) is 18.2 Å². The molecule has 0 saturated carbocycles. The summed E-state index contributed by atoms with van der Waals surface area (Å²) in [5.74, 6) is 1.31. The van der Waals surface area contributed by atoms with Crippen molar-refractivity contribution in [2.45, 2.75) is 12.3 Å². The Balaban J connectivity index is 1.84. The Kier molecular flexibility index (Phi) is 2.73. The number of hydrogen-bond donors (Lipinski definition) is 2. The van der Waals surface area contributed by atoms with Gasteiger partial charge in [0.2, 0.25) is 0 Å². The Bertz CT molecular complexity index is 780. The molecule has 4 rings (SSSR count). The minimum atomic E-state index is 0.306. The number of anilines is 1. The summed E-state index contributed by atoms with van der Waals surface area (Å²) in [5.41, 5.74) is 4.26. The van der Waals surface area contributed by atoms with Crippen molar-refractivity contribution in [2.75, 3.05) is 11.9 Å². The van der Waals surface area contributed by atoms with Crippen LogP contribution < -0.4 is 5.32 Å². The van der Waals surface area contributed by atoms with Gasteiger partial charge in [-0.15, -0.1) is 0 Å². The number of nitrogens with zero attached hydrogens (tertiary/aromatic N) is 2. The maximum atomic E-state index is 4.66. The number of halogens is 1. The van der Waals surface area contributed by atoms with Gasteiger partial charge in [0, 0.05) is 28.8 Å². The highest BCUT2D eigenvalue weighted by atomic mass is 79.9. The zero-order valence-electron chi connectivity index (χ0n) is 10.7. The molecule has 0 fully saturated rings. The number of fused-ring (bicyclic) bond motifs is 2. The number of benzene rings is 1. The van der Waals surface area contributed by atoms with Crippen molar-refractivity contribution < 1.29 is 0 Å². The lowest BCUT2D eigenvalue weighted by Crippen LogP contribution is -2.18. The molecule has 20 heavy (non-hydrogen) atoms. The van der Waals surface area contributed by atoms with E-state index in [0.717, 1.165) is 34.4 Å². The van der Waals surface area contributed by atoms with Gasteiger partial charge in [0.25, 0.3) is 0 Å². The Morgan fingerprint density at radius 1 is 1.25 bits per heavy atom. The number of rotatable bonds is 1. The first kappa shape index (κ1) is 11.9. The van der Waals surface area contributed by atoms with E-state index < -0.39 is 0 Å². The number of pyridine rings is 1. The molecule has 4 nitrogen and oxygen atoms in total. The van der Waals surface area contributed by atoms with Crippen LogP contribution in [0.1, 0.15) is 23.7 Å². The predicted octanol–water partition coefficient (Wildman–Crippen LogP) is 3.67. The number of aromatic amines is 1. The number of imidazole rings is 1. The van der Waals surface area contributed by atoms with Gasteiger partial charge >= 0.3 is 0 Å². The summed E-state index contributed by atoms with van der Waals surface area (Å²) in [6.45, 7) is 0.968. The normalized spacial score (nSPS) is 17.8. The number of para-hydroxylation sites is 1. The minimum absolute atomic E-state index is 0.306. The van der Waals surface area contributed by atoms with E-state index in [2.05, 4.69) is 60.5 Å². The number of aromatic nitrogens is 3. The predicted molar refractivity (Wildman–Crippen MR) is 83.0 cm³/mol. The van der Waals surface area contributed by atoms with Crippen molar-refractivity contribution in [1.82, 2.24) is 15.0 Å². The van der Waals surface area contributed by atoms with Crippen LogP contribution in [0.2, 0.25) is 0 Å². The van der Waals surface area contributed by atoms with Gasteiger partial charge in [-0.25, -0.2) is 9.97 Å². The van der Waals surface area contributed by atoms with Crippen molar-refractivity contribution in [1.29, 1.82) is 0 Å². The highest BCUT2D eigenvalue weighted by molar-refractivity contribution is 9.10. The molecular formula is C15H13BrN4. The van der Waals surface area contributed by atoms with E-state index in [1.165, 1.54) is 11.3 Å². The molecule has 100 valence electrons. The molecule has 1 unspecified atom stereocenters. The van der Waals surface area contributed by atoms with Crippen molar-refractivity contribution in [3.8, 4) is 0 Å². The van der Waals surface area contributed by atoms with Crippen molar-refractivity contribution >= 4 is 32.8 Å². The summed E-state index contributed by atoms with van der Waals surface area (Å²) >= 11 is 3.44. The van der Waals surface area contributed by atoms with E-state index in [1.807, 2.05) is 6.07 Å². The molecule has 0 saturated heterocycles. The summed E-state index contributed by atoms with van der Waals surface area (Å²) in [5, 5.41) is 3.44. The number of H-pyrrole nitrogens is 1. The van der Waals surface area contributed by atoms with Crippen LogP contribution in [0.4, 0.5) is 5.69 Å². The second-order valence-corrected chi connectivity index (χ2v) is 5.92. The molecule has 5 heteroatoms. The maximum Gasteiger partial charge on any atom is 0.177 e. The highest BCUT2D eigenvalue weighted by Gasteiger charge is 2.24. The first-order chi connectivity index (χ1) is 9.81. The molecule has 0 bridgehead atoms. The van der Waals surface area contributed by atoms with Crippen molar-refractivity contribution in [3.05, 3.63) is 52.4 Å². The van der Waals surface area contributed by atoms with Gasteiger partial charge in [0.1, 0.15) is 5.82 Å². The number of nitrogens with one attached hydrogen (secondary N) is 2. The fourth-order valence-corrected chi connectivity index (χ4v) is 3.14. The van der Waals surface area contributed by atoms with Gasteiger partial charge in [0.15, 0.2) is 5.65 Å². The van der Waals surface area contributed by atoms with E-state index >= 15 is 0 Å². The zero-order chi connectivity index (χ0) is 13.5. The van der Waals surface area contributed by atoms with E-state index in [-0.39, 0.29) is 0 Å². The van der Waals surface area contributed by atoms with E-state index in [0.29, 0.717) is 5.92 Å². The third kappa shape index (κ3) is 1.89. The van der Waals surface area contributed by atoms with Crippen molar-refractivity contribution in [2.24, 2.45) is 0 Å². The SMILES string of the molecule is Brc1cnc2nc(C3CCNc4ccccc43)[nH]c2c1. The third-order valence-electron chi connectivity index (χ3n) is 3.74. The molecule has 3 heterocycles. The maximum absolute atomic E-state index is 4.66. The quantitative estimate of drug-likeness (QED) is 0.716. The Morgan fingerprint density at radius 3 is 3.10 bits per heavy atom. The molecule has 0 spiro atoms. The van der Waals surface area contributed by atoms with Crippen LogP contribution in [0.15, 0.2) is 41.0 Å². The third-order valence-corrected chi connectivity index (χ3v) is 4.17. The zero-order valence-corrected chi connectivity index (χ0v) is 12.3. The molecule has 0 amide bonds. The molecule has 1 aliphatic rings. The van der Waals surface area contributed by atoms with Crippen LogP contribution in [-0.4, -0.2) is 21.5 Å². The lowest BCUT2D eigenvalue weighted by molar-refractivity contribution is 0.686. The summed E-state index contributed by atoms with van der Waals surface area (Å²) in [6, 6.07) is 10.5. The van der Waals surface area contributed by atoms with Gasteiger partial charge < -0.3 is 10.3 Å². The highest BCUT2D eigenvalue weighted by Crippen LogP contribution is 2.35. The largest absolute Gasteiger partial charge is 0.385 e. The van der Waals surface area contributed by atoms with Crippen molar-refractivity contribution in [3.63, 3.8) is 0 Å². The van der Waals surface area contributed by atoms with Crippen LogP contribution in [0.25, 0.3) is 11.2 Å². The lowest BCUT2D eigenvalue weighted by atomic mass is 9.90. The summed E-state index contributed by atoms with van der Waals surface area (Å²) in [4.78, 5) is 12.4. The first-order valence-electron chi connectivity index (χ1n) is 6.65. The van der Waals surface area contributed by atoms with Gasteiger partial charge in [0.05, 0.1) is 5.52 Å². The lowest BCUT2D eigenvalue weighted by Gasteiger charge is -2.25. The molecule has 1 aliphatic heterocycles. The first-order valence-corrected chi connectivity index (χ1v) is 7.44. The van der Waals surface area contributed by atoms with Crippen LogP contribution in [0, 0.1) is 0 Å². The Labute approximate surface area is 124 Å². The van der Waals surface area contributed by atoms with Gasteiger partial charge in [-0.3, -0.25) is 0 Å². The molecule has 2 aromatic heterocycles. The van der Waals surface area contributed by atoms with Gasteiger partial charge in [-0.05, 0) is 40.0 Å². The summed E-state index contributed by atoms with van der Waals surface area (Å²) in [7, 11) is 0. The van der Waals surface area contributed by atoms with Crippen LogP contribution in [0.5, 0.6) is 0 Å². The van der Waals surface area contributed by atoms with E-state index in [1.54, 1.807) is 6.20 Å². The molecule has 0 aliphatic carbocycles. The van der Waals surface area contributed by atoms with E-state index in [9.17, 15) is 0 Å². The van der Waals surface area contributed by atoms with Crippen LogP contribution in [-0.2, 0) is 0 Å². The van der Waals surface area contributed by atoms with E-state index in [4.69, 9.17) is 0 Å². The average Bonchev–Trinajstić information content (AvgIpc) is 2.89. The summed E-state index contributed by atoms with van der Waals surface area (Å²) < 4.78 is 0.964. The standard InChI is InChI=1S/C15H13BrN4/c16-9-7-13-15(18-8-9)20-14(19-13)11-5-6-17-12-4-2-1-3-10(11)12/h1-4,7-8,11,17H,5-6H2,(H,18,19,20). The fourth-order valence-electron chi connectivity index (χ4n) is 2.81. The van der Waals surface area contributed by atoms with Crippen LogP contribution >= 0.6 is 15.9 Å². The molecule has 0 radical (unpaired) electrons. The average molecular weight is 329 g/mol. The summed E-state index contributed by atoms with van der Waals surface area (Å²) in [6.07, 6.45) is 2.82. The minimum Gasteiger partial charge on any atom is -0.385 e. The monoisotopic (exact) mass is 328 g/mol. The second-order valence-electron chi connectivity index (χ2n) is 5.00. The second kappa shape index (κ2) is 4.59. The molecule has 3 aromatic rings. The molecule has 1 aromatic carbocycles. The Morgan fingerprint density at radius 2 is 2.15 bits per heavy atom. The smallest absolute Gasteiger partial charge is 0.177 e.